The van der Waals surface area contributed by atoms with Crippen molar-refractivity contribution in [2.45, 2.75) is 19.8 Å². The van der Waals surface area contributed by atoms with E-state index >= 15 is 0 Å². The maximum absolute atomic E-state index is 11.1. The Morgan fingerprint density at radius 3 is 2.29 bits per heavy atom. The summed E-state index contributed by atoms with van der Waals surface area (Å²) in [5, 5.41) is 8.50. The molecule has 78 valence electrons. The molecule has 0 radical (unpaired) electrons. The Morgan fingerprint density at radius 2 is 1.86 bits per heavy atom. The van der Waals surface area contributed by atoms with Gasteiger partial charge in [-0.3, -0.25) is 0 Å². The van der Waals surface area contributed by atoms with Crippen molar-refractivity contribution in [3.05, 3.63) is 24.3 Å². The Bertz CT molecular complexity index is 265. The van der Waals surface area contributed by atoms with Crippen LogP contribution in [0.15, 0.2) is 24.3 Å². The molecule has 0 atom stereocenters. The van der Waals surface area contributed by atoms with Gasteiger partial charge in [0.1, 0.15) is 0 Å². The number of carbonyl (C=O) groups excluding carboxylic acids is 1. The first-order valence-corrected chi connectivity index (χ1v) is 4.29. The maximum atomic E-state index is 11.1. The van der Waals surface area contributed by atoms with Crippen LogP contribution >= 0.6 is 0 Å². The van der Waals surface area contributed by atoms with Gasteiger partial charge in [-0.2, -0.15) is 0 Å². The Labute approximate surface area is 82.9 Å². The van der Waals surface area contributed by atoms with Crippen molar-refractivity contribution in [3.8, 4) is 0 Å². The van der Waals surface area contributed by atoms with Gasteiger partial charge in [0.05, 0.1) is 17.8 Å². The molecule has 0 aromatic carbocycles. The first kappa shape index (κ1) is 12.4. The lowest BCUT2D eigenvalue weighted by Gasteiger charge is -2.05. The number of esters is 1. The molecule has 0 unspecified atom stereocenters. The van der Waals surface area contributed by atoms with Crippen molar-refractivity contribution in [2.24, 2.45) is 0 Å². The average molecular weight is 198 g/mol. The molecule has 0 amide bonds. The van der Waals surface area contributed by atoms with Gasteiger partial charge < -0.3 is 9.84 Å². The molecule has 4 heteroatoms. The Kier molecular flexibility index (Phi) is 5.29. The van der Waals surface area contributed by atoms with Gasteiger partial charge in [0.15, 0.2) is 0 Å². The van der Waals surface area contributed by atoms with E-state index < -0.39 is 11.9 Å². The van der Waals surface area contributed by atoms with Gasteiger partial charge in [0.2, 0.25) is 0 Å². The zero-order valence-corrected chi connectivity index (χ0v) is 8.21. The van der Waals surface area contributed by atoms with Crippen LogP contribution in [0, 0.1) is 0 Å². The van der Waals surface area contributed by atoms with Crippen molar-refractivity contribution in [2.75, 3.05) is 6.61 Å². The van der Waals surface area contributed by atoms with E-state index in [-0.39, 0.29) is 17.8 Å². The molecule has 0 aliphatic heterocycles. The van der Waals surface area contributed by atoms with Crippen molar-refractivity contribution >= 4 is 11.9 Å². The van der Waals surface area contributed by atoms with Crippen LogP contribution in [0.3, 0.4) is 0 Å². The smallest absolute Gasteiger partial charge is 0.338 e. The zero-order valence-electron chi connectivity index (χ0n) is 8.21. The molecule has 0 bridgehead atoms. The SMILES string of the molecule is C=C(C(=C)C(=O)OCCCC)C(=O)O. The minimum atomic E-state index is -1.26. The van der Waals surface area contributed by atoms with E-state index in [1.807, 2.05) is 6.92 Å². The lowest BCUT2D eigenvalue weighted by molar-refractivity contribution is -0.140. The number of aliphatic carboxylic acids is 1. The summed E-state index contributed by atoms with van der Waals surface area (Å²) in [5.41, 5.74) is -0.528. The third-order valence-corrected chi connectivity index (χ3v) is 1.60. The van der Waals surface area contributed by atoms with E-state index in [1.54, 1.807) is 0 Å². The van der Waals surface area contributed by atoms with Crippen molar-refractivity contribution in [1.82, 2.24) is 0 Å². The Balaban J connectivity index is 4.07. The van der Waals surface area contributed by atoms with Gasteiger partial charge in [-0.25, -0.2) is 9.59 Å². The highest BCUT2D eigenvalue weighted by molar-refractivity contribution is 6.05. The van der Waals surface area contributed by atoms with Crippen molar-refractivity contribution in [3.63, 3.8) is 0 Å². The summed E-state index contributed by atoms with van der Waals surface area (Å²) in [6, 6.07) is 0. The van der Waals surface area contributed by atoms with E-state index in [1.165, 1.54) is 0 Å². The fraction of sp³-hybridized carbons (Fsp3) is 0.400. The molecule has 0 heterocycles. The third-order valence-electron chi connectivity index (χ3n) is 1.60. The van der Waals surface area contributed by atoms with E-state index in [4.69, 9.17) is 9.84 Å². The van der Waals surface area contributed by atoms with Crippen LogP contribution in [-0.4, -0.2) is 23.7 Å². The Morgan fingerprint density at radius 1 is 1.29 bits per heavy atom. The van der Waals surface area contributed by atoms with Crippen LogP contribution in [0.25, 0.3) is 0 Å². The summed E-state index contributed by atoms with van der Waals surface area (Å²) in [4.78, 5) is 21.5. The van der Waals surface area contributed by atoms with Crippen molar-refractivity contribution in [1.29, 1.82) is 0 Å². The van der Waals surface area contributed by atoms with Crippen LogP contribution in [-0.2, 0) is 14.3 Å². The number of carboxylic acids is 1. The summed E-state index contributed by atoms with van der Waals surface area (Å²) < 4.78 is 4.75. The number of ether oxygens (including phenoxy) is 1. The van der Waals surface area contributed by atoms with E-state index in [9.17, 15) is 9.59 Å². The molecular formula is C10H14O4. The van der Waals surface area contributed by atoms with Crippen molar-refractivity contribution < 1.29 is 19.4 Å². The number of hydrogen-bond donors (Lipinski definition) is 1. The lowest BCUT2D eigenvalue weighted by Crippen LogP contribution is -2.13. The van der Waals surface area contributed by atoms with E-state index in [2.05, 4.69) is 13.2 Å². The van der Waals surface area contributed by atoms with Gasteiger partial charge in [-0.15, -0.1) is 0 Å². The molecule has 0 saturated heterocycles. The van der Waals surface area contributed by atoms with Crippen LogP contribution in [0.2, 0.25) is 0 Å². The molecule has 0 aliphatic rings. The third kappa shape index (κ3) is 3.89. The summed E-state index contributed by atoms with van der Waals surface area (Å²) in [7, 11) is 0. The quantitative estimate of drug-likeness (QED) is 0.304. The fourth-order valence-corrected chi connectivity index (χ4v) is 0.649. The van der Waals surface area contributed by atoms with Gasteiger partial charge in [0.25, 0.3) is 0 Å². The lowest BCUT2D eigenvalue weighted by atomic mass is 10.1. The standard InChI is InChI=1S/C10H14O4/c1-4-5-6-14-10(13)8(3)7(2)9(11)12/h2-6H2,1H3,(H,11,12). The monoisotopic (exact) mass is 198 g/mol. The molecule has 0 aromatic rings. The second-order valence-corrected chi connectivity index (χ2v) is 2.75. The Hall–Kier alpha value is -1.58. The molecule has 0 fully saturated rings. The molecular weight excluding hydrogens is 184 g/mol. The van der Waals surface area contributed by atoms with Crippen LogP contribution in [0.5, 0.6) is 0 Å². The van der Waals surface area contributed by atoms with Crippen LogP contribution < -0.4 is 0 Å². The molecule has 0 aromatic heterocycles. The number of carboxylic acid groups (broad SMARTS) is 1. The van der Waals surface area contributed by atoms with Gasteiger partial charge in [0, 0.05) is 0 Å². The molecule has 4 nitrogen and oxygen atoms in total. The minimum absolute atomic E-state index is 0.200. The topological polar surface area (TPSA) is 63.6 Å². The molecule has 14 heavy (non-hydrogen) atoms. The minimum Gasteiger partial charge on any atom is -0.478 e. The highest BCUT2D eigenvalue weighted by Gasteiger charge is 2.16. The van der Waals surface area contributed by atoms with Gasteiger partial charge >= 0.3 is 11.9 Å². The van der Waals surface area contributed by atoms with E-state index in [0.29, 0.717) is 0 Å². The highest BCUT2D eigenvalue weighted by atomic mass is 16.5. The first-order chi connectivity index (χ1) is 6.50. The molecule has 0 spiro atoms. The number of rotatable bonds is 6. The number of unbranched alkanes of at least 4 members (excludes halogenated alkanes) is 1. The van der Waals surface area contributed by atoms with E-state index in [0.717, 1.165) is 12.8 Å². The summed E-state index contributed by atoms with van der Waals surface area (Å²) in [6.45, 7) is 8.74. The maximum Gasteiger partial charge on any atom is 0.338 e. The largest absolute Gasteiger partial charge is 0.478 e. The van der Waals surface area contributed by atoms with Gasteiger partial charge in [-0.05, 0) is 6.42 Å². The molecule has 1 N–H and O–H groups in total. The average Bonchev–Trinajstić information content (AvgIpc) is 2.15. The predicted octanol–water partition coefficient (Wildman–Crippen LogP) is 1.53. The number of hydrogen-bond acceptors (Lipinski definition) is 3. The first-order valence-electron chi connectivity index (χ1n) is 4.29. The fourth-order valence-electron chi connectivity index (χ4n) is 0.649. The van der Waals surface area contributed by atoms with Crippen LogP contribution in [0.1, 0.15) is 19.8 Å². The predicted molar refractivity (Wildman–Crippen MR) is 51.8 cm³/mol. The summed E-state index contributed by atoms with van der Waals surface area (Å²) in [6.07, 6.45) is 1.65. The molecule has 0 rings (SSSR count). The van der Waals surface area contributed by atoms with Crippen LogP contribution in [0.4, 0.5) is 0 Å². The normalized spacial score (nSPS) is 9.21. The second-order valence-electron chi connectivity index (χ2n) is 2.75. The highest BCUT2D eigenvalue weighted by Crippen LogP contribution is 2.07. The number of carbonyl (C=O) groups is 2. The molecule has 0 aliphatic carbocycles. The second kappa shape index (κ2) is 5.96. The summed E-state index contributed by atoms with van der Waals surface area (Å²) in [5.74, 6) is -1.98. The van der Waals surface area contributed by atoms with Gasteiger partial charge in [-0.1, -0.05) is 26.5 Å². The summed E-state index contributed by atoms with van der Waals surface area (Å²) >= 11 is 0. The zero-order chi connectivity index (χ0) is 11.1. The molecule has 0 saturated carbocycles.